The summed E-state index contributed by atoms with van der Waals surface area (Å²) < 4.78 is 5.14. The van der Waals surface area contributed by atoms with Crippen LogP contribution in [-0.2, 0) is 6.54 Å². The number of methoxy groups -OCH3 is 1. The van der Waals surface area contributed by atoms with Crippen LogP contribution in [0.3, 0.4) is 0 Å². The second kappa shape index (κ2) is 6.22. The van der Waals surface area contributed by atoms with Crippen molar-refractivity contribution in [1.29, 1.82) is 5.41 Å². The topological polar surface area (TPSA) is 82.6 Å². The van der Waals surface area contributed by atoms with Crippen LogP contribution in [0, 0.1) is 5.41 Å². The van der Waals surface area contributed by atoms with Gasteiger partial charge in [0.25, 0.3) is 0 Å². The van der Waals surface area contributed by atoms with Crippen LogP contribution in [0.5, 0.6) is 5.75 Å². The van der Waals surface area contributed by atoms with Gasteiger partial charge in [0.2, 0.25) is 0 Å². The lowest BCUT2D eigenvalue weighted by molar-refractivity contribution is 0.217. The fourth-order valence-corrected chi connectivity index (χ4v) is 1.63. The molecule has 0 radical (unpaired) electrons. The van der Waals surface area contributed by atoms with E-state index in [2.05, 4.69) is 0 Å². The van der Waals surface area contributed by atoms with E-state index in [0.29, 0.717) is 24.4 Å². The number of nitrogens with zero attached hydrogens (tertiary/aromatic N) is 1. The molecule has 0 aliphatic rings. The number of likely N-dealkylation sites (N-methyl/N-ethyl adjacent to an activating group) is 1. The Morgan fingerprint density at radius 3 is 2.76 bits per heavy atom. The van der Waals surface area contributed by atoms with E-state index < -0.39 is 0 Å². The molecule has 0 saturated heterocycles. The van der Waals surface area contributed by atoms with Crippen molar-refractivity contribution in [2.45, 2.75) is 6.54 Å². The van der Waals surface area contributed by atoms with Gasteiger partial charge in [-0.1, -0.05) is 6.07 Å². The largest absolute Gasteiger partial charge is 0.496 e. The normalized spacial score (nSPS) is 10.6. The summed E-state index contributed by atoms with van der Waals surface area (Å²) in [5.41, 5.74) is 7.13. The zero-order valence-electron chi connectivity index (χ0n) is 10.2. The summed E-state index contributed by atoms with van der Waals surface area (Å²) in [7, 11) is 3.48. The number of benzene rings is 1. The van der Waals surface area contributed by atoms with Gasteiger partial charge in [-0.25, -0.2) is 0 Å². The van der Waals surface area contributed by atoms with Gasteiger partial charge in [0.15, 0.2) is 0 Å². The SMILES string of the molecule is COc1ccc(CN(C)CCO)cc1C(=N)N. The highest BCUT2D eigenvalue weighted by Crippen LogP contribution is 2.19. The standard InChI is InChI=1S/C12H19N3O2/c1-15(5-6-16)8-9-3-4-11(17-2)10(7-9)12(13)14/h3-4,7,16H,5-6,8H2,1-2H3,(H3,13,14). The van der Waals surface area contributed by atoms with Gasteiger partial charge >= 0.3 is 0 Å². The Bertz CT molecular complexity index is 393. The van der Waals surface area contributed by atoms with Crippen molar-refractivity contribution in [1.82, 2.24) is 4.90 Å². The minimum Gasteiger partial charge on any atom is -0.496 e. The second-order valence-corrected chi connectivity index (χ2v) is 3.91. The lowest BCUT2D eigenvalue weighted by atomic mass is 10.1. The quantitative estimate of drug-likeness (QED) is 0.494. The van der Waals surface area contributed by atoms with Crippen LogP contribution in [0.15, 0.2) is 18.2 Å². The number of rotatable bonds is 6. The Kier molecular flexibility index (Phi) is 4.93. The third-order valence-corrected chi connectivity index (χ3v) is 2.49. The van der Waals surface area contributed by atoms with E-state index in [9.17, 15) is 0 Å². The van der Waals surface area contributed by atoms with Crippen molar-refractivity contribution in [2.24, 2.45) is 5.73 Å². The van der Waals surface area contributed by atoms with Crippen LogP contribution in [0.2, 0.25) is 0 Å². The predicted molar refractivity (Wildman–Crippen MR) is 67.4 cm³/mol. The van der Waals surface area contributed by atoms with Gasteiger partial charge in [-0.3, -0.25) is 10.3 Å². The number of ether oxygens (including phenoxy) is 1. The number of nitrogens with one attached hydrogen (secondary N) is 1. The van der Waals surface area contributed by atoms with E-state index in [1.54, 1.807) is 13.2 Å². The van der Waals surface area contributed by atoms with Crippen LogP contribution in [0.4, 0.5) is 0 Å². The molecule has 0 aliphatic heterocycles. The van der Waals surface area contributed by atoms with Crippen molar-refractivity contribution >= 4 is 5.84 Å². The van der Waals surface area contributed by atoms with Gasteiger partial charge < -0.3 is 15.6 Å². The monoisotopic (exact) mass is 237 g/mol. The summed E-state index contributed by atoms with van der Waals surface area (Å²) in [6, 6.07) is 5.58. The van der Waals surface area contributed by atoms with Gasteiger partial charge in [-0.15, -0.1) is 0 Å². The molecule has 1 aromatic carbocycles. The van der Waals surface area contributed by atoms with E-state index in [4.69, 9.17) is 21.0 Å². The third kappa shape index (κ3) is 3.72. The first-order chi connectivity index (χ1) is 8.08. The molecule has 0 spiro atoms. The number of nitrogens with two attached hydrogens (primary N) is 1. The maximum absolute atomic E-state index is 8.82. The van der Waals surface area contributed by atoms with E-state index in [0.717, 1.165) is 5.56 Å². The molecule has 0 saturated carbocycles. The molecule has 17 heavy (non-hydrogen) atoms. The number of nitrogen functional groups attached to an aromatic ring is 1. The van der Waals surface area contributed by atoms with Crippen molar-refractivity contribution in [2.75, 3.05) is 27.3 Å². The molecule has 0 fully saturated rings. The van der Waals surface area contributed by atoms with E-state index >= 15 is 0 Å². The minimum absolute atomic E-state index is 0.00601. The summed E-state index contributed by atoms with van der Waals surface area (Å²) in [6.45, 7) is 1.44. The van der Waals surface area contributed by atoms with Gasteiger partial charge in [0, 0.05) is 13.1 Å². The summed E-state index contributed by atoms with van der Waals surface area (Å²) in [4.78, 5) is 1.99. The molecular formula is C12H19N3O2. The highest BCUT2D eigenvalue weighted by molar-refractivity contribution is 5.97. The smallest absolute Gasteiger partial charge is 0.129 e. The Labute approximate surface area is 101 Å². The number of hydrogen-bond donors (Lipinski definition) is 3. The third-order valence-electron chi connectivity index (χ3n) is 2.49. The lowest BCUT2D eigenvalue weighted by Gasteiger charge is -2.16. The molecule has 1 aromatic rings. The second-order valence-electron chi connectivity index (χ2n) is 3.91. The van der Waals surface area contributed by atoms with Gasteiger partial charge in [-0.05, 0) is 24.7 Å². The average molecular weight is 237 g/mol. The van der Waals surface area contributed by atoms with Gasteiger partial charge in [-0.2, -0.15) is 0 Å². The average Bonchev–Trinajstić information content (AvgIpc) is 2.29. The van der Waals surface area contributed by atoms with Crippen LogP contribution < -0.4 is 10.5 Å². The van der Waals surface area contributed by atoms with Crippen molar-refractivity contribution < 1.29 is 9.84 Å². The Morgan fingerprint density at radius 1 is 1.53 bits per heavy atom. The Balaban J connectivity index is 2.88. The molecule has 0 bridgehead atoms. The number of amidine groups is 1. The maximum atomic E-state index is 8.82. The fourth-order valence-electron chi connectivity index (χ4n) is 1.63. The van der Waals surface area contributed by atoms with E-state index in [-0.39, 0.29) is 12.4 Å². The minimum atomic E-state index is -0.00601. The van der Waals surface area contributed by atoms with Crippen molar-refractivity contribution in [3.8, 4) is 5.75 Å². The molecule has 1 rings (SSSR count). The van der Waals surface area contributed by atoms with E-state index in [1.165, 1.54) is 0 Å². The number of hydrogen-bond acceptors (Lipinski definition) is 4. The first-order valence-corrected chi connectivity index (χ1v) is 5.39. The molecule has 0 heterocycles. The predicted octanol–water partition coefficient (Wildman–Crippen LogP) is 0.403. The van der Waals surface area contributed by atoms with Crippen molar-refractivity contribution in [3.63, 3.8) is 0 Å². The van der Waals surface area contributed by atoms with Crippen LogP contribution >= 0.6 is 0 Å². The fraction of sp³-hybridized carbons (Fsp3) is 0.417. The highest BCUT2D eigenvalue weighted by Gasteiger charge is 2.08. The highest BCUT2D eigenvalue weighted by atomic mass is 16.5. The molecule has 5 nitrogen and oxygen atoms in total. The molecule has 5 heteroatoms. The van der Waals surface area contributed by atoms with E-state index in [1.807, 2.05) is 24.1 Å². The van der Waals surface area contributed by atoms with Gasteiger partial charge in [0.05, 0.1) is 19.3 Å². The van der Waals surface area contributed by atoms with Gasteiger partial charge in [0.1, 0.15) is 11.6 Å². The Morgan fingerprint density at radius 2 is 2.24 bits per heavy atom. The zero-order valence-corrected chi connectivity index (χ0v) is 10.2. The summed E-state index contributed by atoms with van der Waals surface area (Å²) >= 11 is 0. The summed E-state index contributed by atoms with van der Waals surface area (Å²) in [5.74, 6) is 0.597. The zero-order chi connectivity index (χ0) is 12.8. The summed E-state index contributed by atoms with van der Waals surface area (Å²) in [6.07, 6.45) is 0. The first kappa shape index (κ1) is 13.5. The Hall–Kier alpha value is -1.59. The molecular weight excluding hydrogens is 218 g/mol. The van der Waals surface area contributed by atoms with Crippen LogP contribution in [-0.4, -0.2) is 43.2 Å². The molecule has 0 aliphatic carbocycles. The molecule has 4 N–H and O–H groups in total. The van der Waals surface area contributed by atoms with Crippen LogP contribution in [0.25, 0.3) is 0 Å². The molecule has 0 aromatic heterocycles. The van der Waals surface area contributed by atoms with Crippen LogP contribution in [0.1, 0.15) is 11.1 Å². The molecule has 0 unspecified atom stereocenters. The molecule has 0 amide bonds. The molecule has 0 atom stereocenters. The summed E-state index contributed by atoms with van der Waals surface area (Å²) in [5, 5.41) is 16.3. The first-order valence-electron chi connectivity index (χ1n) is 5.39. The lowest BCUT2D eigenvalue weighted by Crippen LogP contribution is -2.22. The number of aliphatic hydroxyl groups is 1. The maximum Gasteiger partial charge on any atom is 0.129 e. The number of aliphatic hydroxyl groups excluding tert-OH is 1. The molecule has 94 valence electrons. The van der Waals surface area contributed by atoms with Crippen molar-refractivity contribution in [3.05, 3.63) is 29.3 Å².